The molecule has 0 spiro atoms. The average molecular weight is 861 g/mol. The van der Waals surface area contributed by atoms with Crippen LogP contribution in [-0.4, -0.2) is 37.9 Å². The normalized spacial score (nSPS) is 13.0. The van der Waals surface area contributed by atoms with Gasteiger partial charge < -0.3 is 14.2 Å². The van der Waals surface area contributed by atoms with Crippen molar-refractivity contribution in [3.8, 4) is 0 Å². The summed E-state index contributed by atoms with van der Waals surface area (Å²) in [5, 5.41) is 0. The second-order valence-electron chi connectivity index (χ2n) is 16.7. The Hall–Kier alpha value is -3.18. The highest BCUT2D eigenvalue weighted by Crippen LogP contribution is 2.13. The van der Waals surface area contributed by atoms with E-state index < -0.39 is 6.10 Å². The molecule has 0 aliphatic carbocycles. The van der Waals surface area contributed by atoms with Crippen LogP contribution in [0.4, 0.5) is 0 Å². The van der Waals surface area contributed by atoms with Crippen LogP contribution in [0.3, 0.4) is 0 Å². The van der Waals surface area contributed by atoms with Gasteiger partial charge in [0.1, 0.15) is 6.61 Å². The maximum absolute atomic E-state index is 12.8. The second kappa shape index (κ2) is 52.2. The van der Waals surface area contributed by atoms with Crippen LogP contribution in [0, 0.1) is 0 Å². The maximum atomic E-state index is 12.8. The van der Waals surface area contributed by atoms with Crippen molar-refractivity contribution in [3.05, 3.63) is 97.2 Å². The van der Waals surface area contributed by atoms with E-state index in [0.29, 0.717) is 19.4 Å². The number of carbonyl (C=O) groups is 2. The number of unbranched alkanes of at least 4 members (excludes halogenated alkanes) is 19. The summed E-state index contributed by atoms with van der Waals surface area (Å²) in [4.78, 5) is 25.4. The van der Waals surface area contributed by atoms with Crippen molar-refractivity contribution in [1.82, 2.24) is 0 Å². The minimum atomic E-state index is -0.566. The number of allylic oxidation sites excluding steroid dienone is 16. The molecule has 5 heteroatoms. The molecule has 0 heterocycles. The molecule has 5 nitrogen and oxygen atoms in total. The predicted molar refractivity (Wildman–Crippen MR) is 270 cm³/mol. The van der Waals surface area contributed by atoms with E-state index in [1.54, 1.807) is 0 Å². The molecule has 0 aromatic heterocycles. The second-order valence-corrected chi connectivity index (χ2v) is 16.7. The van der Waals surface area contributed by atoms with Crippen LogP contribution in [0.1, 0.15) is 226 Å². The minimum Gasteiger partial charge on any atom is -0.462 e. The lowest BCUT2D eigenvalue weighted by molar-refractivity contribution is -0.163. The van der Waals surface area contributed by atoms with Gasteiger partial charge in [0.25, 0.3) is 0 Å². The third-order valence-electron chi connectivity index (χ3n) is 10.6. The van der Waals surface area contributed by atoms with Crippen LogP contribution >= 0.6 is 0 Å². The summed E-state index contributed by atoms with van der Waals surface area (Å²) in [6.07, 6.45) is 69.9. The van der Waals surface area contributed by atoms with Crippen molar-refractivity contribution in [2.45, 2.75) is 232 Å². The quantitative estimate of drug-likeness (QED) is 0.0347. The molecule has 0 amide bonds. The number of hydrogen-bond acceptors (Lipinski definition) is 5. The number of ether oxygens (including phenoxy) is 3. The summed E-state index contributed by atoms with van der Waals surface area (Å²) in [6.45, 7) is 7.51. The van der Waals surface area contributed by atoms with Crippen LogP contribution in [0.25, 0.3) is 0 Å². The fourth-order valence-corrected chi connectivity index (χ4v) is 6.80. The van der Waals surface area contributed by atoms with Crippen molar-refractivity contribution in [3.63, 3.8) is 0 Å². The lowest BCUT2D eigenvalue weighted by Gasteiger charge is -2.18. The molecule has 0 bridgehead atoms. The summed E-state index contributed by atoms with van der Waals surface area (Å²) >= 11 is 0. The zero-order chi connectivity index (χ0) is 44.9. The molecule has 0 radical (unpaired) electrons. The molecule has 0 aliphatic rings. The minimum absolute atomic E-state index is 0.0572. The molecule has 0 fully saturated rings. The van der Waals surface area contributed by atoms with E-state index >= 15 is 0 Å². The average Bonchev–Trinajstić information content (AvgIpc) is 3.27. The van der Waals surface area contributed by atoms with Gasteiger partial charge in [-0.25, -0.2) is 0 Å². The topological polar surface area (TPSA) is 61.8 Å². The smallest absolute Gasteiger partial charge is 0.306 e. The lowest BCUT2D eigenvalue weighted by Crippen LogP contribution is -2.30. The zero-order valence-electron chi connectivity index (χ0n) is 40.6. The standard InChI is InChI=1S/C57H96O5/c1-4-7-10-13-16-19-22-25-27-28-29-31-34-37-40-43-46-49-52-60-53-55(62-57(59)51-48-45-42-39-36-32-24-21-18-15-12-9-6-3)54-61-56(58)50-47-44-41-38-35-33-30-26-23-20-17-14-11-8-5-2/h8-9,11-12,16-21,25-27,30,32,36,55H,4-7,10,13-15,22-24,28-29,31,33-35,37-54H2,1-3H3/b11-8-,12-9-,19-16-,20-17-,21-18-,27-25-,30-26-,36-32-. The number of rotatable bonds is 46. The van der Waals surface area contributed by atoms with Crippen molar-refractivity contribution >= 4 is 11.9 Å². The first-order valence-electron chi connectivity index (χ1n) is 25.8. The highest BCUT2D eigenvalue weighted by molar-refractivity contribution is 5.70. The van der Waals surface area contributed by atoms with E-state index in [2.05, 4.69) is 118 Å². The summed E-state index contributed by atoms with van der Waals surface area (Å²) in [6, 6.07) is 0. The first kappa shape index (κ1) is 58.8. The molecule has 0 N–H and O–H groups in total. The van der Waals surface area contributed by atoms with Crippen molar-refractivity contribution in [2.24, 2.45) is 0 Å². The lowest BCUT2D eigenvalue weighted by atomic mass is 10.1. The van der Waals surface area contributed by atoms with Crippen molar-refractivity contribution < 1.29 is 23.8 Å². The van der Waals surface area contributed by atoms with Crippen LogP contribution in [0.5, 0.6) is 0 Å². The Labute approximate surface area is 383 Å². The number of hydrogen-bond donors (Lipinski definition) is 0. The third-order valence-corrected chi connectivity index (χ3v) is 10.6. The van der Waals surface area contributed by atoms with Gasteiger partial charge in [-0.3, -0.25) is 9.59 Å². The molecule has 0 aromatic rings. The molecular weight excluding hydrogens is 765 g/mol. The van der Waals surface area contributed by atoms with Gasteiger partial charge in [-0.1, -0.05) is 195 Å². The molecular formula is C57H96O5. The van der Waals surface area contributed by atoms with E-state index in [-0.39, 0.29) is 25.2 Å². The first-order valence-corrected chi connectivity index (χ1v) is 25.8. The molecule has 0 aliphatic heterocycles. The van der Waals surface area contributed by atoms with Gasteiger partial charge in [0.05, 0.1) is 6.61 Å². The Morgan fingerprint density at radius 1 is 0.371 bits per heavy atom. The Morgan fingerprint density at radius 3 is 1.18 bits per heavy atom. The van der Waals surface area contributed by atoms with Gasteiger partial charge in [-0.05, 0) is 116 Å². The molecule has 1 unspecified atom stereocenters. The molecule has 0 rings (SSSR count). The Morgan fingerprint density at radius 2 is 0.726 bits per heavy atom. The van der Waals surface area contributed by atoms with Gasteiger partial charge in [-0.15, -0.1) is 0 Å². The van der Waals surface area contributed by atoms with E-state index in [9.17, 15) is 9.59 Å². The van der Waals surface area contributed by atoms with Crippen LogP contribution < -0.4 is 0 Å². The summed E-state index contributed by atoms with van der Waals surface area (Å²) in [5.74, 6) is -0.457. The van der Waals surface area contributed by atoms with Crippen LogP contribution in [0.15, 0.2) is 97.2 Å². The molecule has 1 atom stereocenters. The Kier molecular flexibility index (Phi) is 49.5. The highest BCUT2D eigenvalue weighted by Gasteiger charge is 2.17. The number of carbonyl (C=O) groups excluding carboxylic acids is 2. The fraction of sp³-hybridized carbons (Fsp3) is 0.684. The first-order chi connectivity index (χ1) is 30.6. The van der Waals surface area contributed by atoms with Crippen molar-refractivity contribution in [1.29, 1.82) is 0 Å². The monoisotopic (exact) mass is 861 g/mol. The Bertz CT molecular complexity index is 1200. The zero-order valence-corrected chi connectivity index (χ0v) is 40.6. The van der Waals surface area contributed by atoms with Gasteiger partial charge in [-0.2, -0.15) is 0 Å². The predicted octanol–water partition coefficient (Wildman–Crippen LogP) is 17.5. The van der Waals surface area contributed by atoms with E-state index in [0.717, 1.165) is 109 Å². The maximum Gasteiger partial charge on any atom is 0.306 e. The summed E-state index contributed by atoms with van der Waals surface area (Å²) in [7, 11) is 0. The SMILES string of the molecule is CC/C=C\C/C=C\C/C=C\CCCCCCCC(=O)OCC(COCCCCCCCCCC/C=C\C/C=C\CCCCC)OC(=O)CCCCC/C=C\C/C=C\C/C=C\CC. The summed E-state index contributed by atoms with van der Waals surface area (Å²) < 4.78 is 17.4. The Balaban J connectivity index is 4.34. The van der Waals surface area contributed by atoms with Crippen molar-refractivity contribution in [2.75, 3.05) is 19.8 Å². The van der Waals surface area contributed by atoms with Crippen LogP contribution in [0.2, 0.25) is 0 Å². The van der Waals surface area contributed by atoms with Gasteiger partial charge >= 0.3 is 11.9 Å². The third kappa shape index (κ3) is 49.5. The van der Waals surface area contributed by atoms with Crippen LogP contribution in [-0.2, 0) is 23.8 Å². The molecule has 0 saturated heterocycles. The fourth-order valence-electron chi connectivity index (χ4n) is 6.80. The highest BCUT2D eigenvalue weighted by atomic mass is 16.6. The van der Waals surface area contributed by atoms with E-state index in [1.165, 1.54) is 83.5 Å². The van der Waals surface area contributed by atoms with Gasteiger partial charge in [0.2, 0.25) is 0 Å². The molecule has 0 aromatic carbocycles. The van der Waals surface area contributed by atoms with Gasteiger partial charge in [0.15, 0.2) is 6.10 Å². The summed E-state index contributed by atoms with van der Waals surface area (Å²) in [5.41, 5.74) is 0. The molecule has 62 heavy (non-hydrogen) atoms. The largest absolute Gasteiger partial charge is 0.462 e. The molecule has 354 valence electrons. The van der Waals surface area contributed by atoms with E-state index in [1.807, 2.05) is 0 Å². The number of esters is 2. The van der Waals surface area contributed by atoms with Gasteiger partial charge in [0, 0.05) is 19.4 Å². The van der Waals surface area contributed by atoms with E-state index in [4.69, 9.17) is 14.2 Å². The molecule has 0 saturated carbocycles.